The molecule has 7 heteroatoms. The molecule has 1 amide bonds. The standard InChI is InChI=1S/C30H30N2O4S/c1-3-36-26-18-20-27(21-19-26)37(34,35)32(25-15-8-5-9-16-25)22-29(33)31-30(24-13-6-4-7-14-24)28-17-11-10-12-23(28)2/h4-21,30H,3,22H2,1-2H3,(H,31,33)/t30-/m0/s1. The first-order chi connectivity index (χ1) is 17.9. The van der Waals surface area contributed by atoms with Gasteiger partial charge in [-0.15, -0.1) is 0 Å². The summed E-state index contributed by atoms with van der Waals surface area (Å²) < 4.78 is 34.0. The van der Waals surface area contributed by atoms with Crippen LogP contribution in [0.2, 0.25) is 0 Å². The zero-order valence-corrected chi connectivity index (χ0v) is 21.7. The molecule has 190 valence electrons. The molecule has 1 atom stereocenters. The molecule has 6 nitrogen and oxygen atoms in total. The van der Waals surface area contributed by atoms with Crippen molar-refractivity contribution < 1.29 is 17.9 Å². The van der Waals surface area contributed by atoms with Gasteiger partial charge in [0.15, 0.2) is 0 Å². The minimum absolute atomic E-state index is 0.0751. The number of anilines is 1. The zero-order chi connectivity index (χ0) is 26.3. The largest absolute Gasteiger partial charge is 0.494 e. The number of hydrogen-bond acceptors (Lipinski definition) is 4. The molecule has 0 radical (unpaired) electrons. The second-order valence-electron chi connectivity index (χ2n) is 8.52. The first kappa shape index (κ1) is 26.0. The molecule has 0 saturated heterocycles. The van der Waals surface area contributed by atoms with Crippen LogP contribution < -0.4 is 14.4 Å². The Labute approximate surface area is 218 Å². The molecule has 4 aromatic rings. The van der Waals surface area contributed by atoms with Gasteiger partial charge in [0.1, 0.15) is 12.3 Å². The van der Waals surface area contributed by atoms with Crippen LogP contribution in [0.5, 0.6) is 5.75 Å². The molecule has 0 spiro atoms. The van der Waals surface area contributed by atoms with Crippen LogP contribution in [0.4, 0.5) is 5.69 Å². The smallest absolute Gasteiger partial charge is 0.264 e. The van der Waals surface area contributed by atoms with E-state index < -0.39 is 22.0 Å². The molecule has 0 saturated carbocycles. The number of nitrogens with one attached hydrogen (secondary N) is 1. The molecule has 0 bridgehead atoms. The van der Waals surface area contributed by atoms with Gasteiger partial charge in [0.05, 0.1) is 23.2 Å². The lowest BCUT2D eigenvalue weighted by atomic mass is 9.95. The van der Waals surface area contributed by atoms with Gasteiger partial charge < -0.3 is 10.1 Å². The highest BCUT2D eigenvalue weighted by Crippen LogP contribution is 2.27. The Kier molecular flexibility index (Phi) is 8.25. The lowest BCUT2D eigenvalue weighted by Crippen LogP contribution is -2.42. The van der Waals surface area contributed by atoms with Crippen LogP contribution in [-0.4, -0.2) is 27.5 Å². The van der Waals surface area contributed by atoms with Gasteiger partial charge >= 0.3 is 0 Å². The number of para-hydroxylation sites is 1. The van der Waals surface area contributed by atoms with Crippen molar-refractivity contribution in [3.05, 3.63) is 126 Å². The number of carbonyl (C=O) groups is 1. The molecule has 0 aromatic heterocycles. The van der Waals surface area contributed by atoms with Crippen molar-refractivity contribution in [1.29, 1.82) is 0 Å². The van der Waals surface area contributed by atoms with Gasteiger partial charge in [-0.25, -0.2) is 8.42 Å². The summed E-state index contributed by atoms with van der Waals surface area (Å²) in [7, 11) is -4.04. The first-order valence-corrected chi connectivity index (χ1v) is 13.5. The van der Waals surface area contributed by atoms with E-state index in [1.165, 1.54) is 12.1 Å². The van der Waals surface area contributed by atoms with E-state index in [-0.39, 0.29) is 11.4 Å². The van der Waals surface area contributed by atoms with Crippen LogP contribution in [0, 0.1) is 6.92 Å². The first-order valence-electron chi connectivity index (χ1n) is 12.1. The van der Waals surface area contributed by atoms with Crippen molar-refractivity contribution in [3.8, 4) is 5.75 Å². The highest BCUT2D eigenvalue weighted by Gasteiger charge is 2.28. The Morgan fingerprint density at radius 1 is 0.838 bits per heavy atom. The van der Waals surface area contributed by atoms with E-state index in [1.807, 2.05) is 68.4 Å². The fraction of sp³-hybridized carbons (Fsp3) is 0.167. The van der Waals surface area contributed by atoms with Gasteiger partial charge in [-0.2, -0.15) is 0 Å². The molecule has 0 aliphatic rings. The lowest BCUT2D eigenvalue weighted by Gasteiger charge is -2.26. The summed E-state index contributed by atoms with van der Waals surface area (Å²) >= 11 is 0. The molecule has 0 fully saturated rings. The number of ether oxygens (including phenoxy) is 1. The quantitative estimate of drug-likeness (QED) is 0.303. The molecule has 4 rings (SSSR count). The molecular weight excluding hydrogens is 484 g/mol. The Morgan fingerprint density at radius 2 is 1.43 bits per heavy atom. The van der Waals surface area contributed by atoms with Gasteiger partial charge in [0, 0.05) is 0 Å². The summed E-state index contributed by atoms with van der Waals surface area (Å²) in [5.74, 6) is 0.157. The summed E-state index contributed by atoms with van der Waals surface area (Å²) in [4.78, 5) is 13.6. The van der Waals surface area contributed by atoms with E-state index >= 15 is 0 Å². The zero-order valence-electron chi connectivity index (χ0n) is 20.9. The Hall–Kier alpha value is -4.10. The topological polar surface area (TPSA) is 75.7 Å². The average Bonchev–Trinajstić information content (AvgIpc) is 2.92. The van der Waals surface area contributed by atoms with Crippen LogP contribution in [0.15, 0.2) is 114 Å². The number of benzene rings is 4. The molecule has 0 unspecified atom stereocenters. The third-order valence-electron chi connectivity index (χ3n) is 5.99. The normalized spacial score (nSPS) is 11.9. The van der Waals surface area contributed by atoms with Crippen molar-refractivity contribution in [2.45, 2.75) is 24.8 Å². The second-order valence-corrected chi connectivity index (χ2v) is 10.4. The van der Waals surface area contributed by atoms with Crippen molar-refractivity contribution in [1.82, 2.24) is 5.32 Å². The molecular formula is C30H30N2O4S. The molecule has 37 heavy (non-hydrogen) atoms. The van der Waals surface area contributed by atoms with E-state index in [1.54, 1.807) is 42.5 Å². The SMILES string of the molecule is CCOc1ccc(S(=O)(=O)N(CC(=O)N[C@@H](c2ccccc2)c2ccccc2C)c2ccccc2)cc1. The number of sulfonamides is 1. The number of rotatable bonds is 10. The maximum Gasteiger partial charge on any atom is 0.264 e. The predicted octanol–water partition coefficient (Wildman–Crippen LogP) is 5.49. The third-order valence-corrected chi connectivity index (χ3v) is 7.78. The number of nitrogens with zero attached hydrogens (tertiary/aromatic N) is 1. The van der Waals surface area contributed by atoms with Crippen molar-refractivity contribution in [3.63, 3.8) is 0 Å². The summed E-state index contributed by atoms with van der Waals surface area (Å²) in [5, 5.41) is 3.08. The summed E-state index contributed by atoms with van der Waals surface area (Å²) in [5.41, 5.74) is 3.28. The summed E-state index contributed by atoms with van der Waals surface area (Å²) in [6, 6.07) is 31.9. The lowest BCUT2D eigenvalue weighted by molar-refractivity contribution is -0.120. The van der Waals surface area contributed by atoms with E-state index in [9.17, 15) is 13.2 Å². The van der Waals surface area contributed by atoms with Gasteiger partial charge in [-0.1, -0.05) is 72.8 Å². The van der Waals surface area contributed by atoms with E-state index in [2.05, 4.69) is 5.32 Å². The van der Waals surface area contributed by atoms with Crippen molar-refractivity contribution in [2.75, 3.05) is 17.5 Å². The van der Waals surface area contributed by atoms with Crippen LogP contribution in [0.1, 0.15) is 29.7 Å². The maximum atomic E-state index is 13.7. The summed E-state index contributed by atoms with van der Waals surface area (Å²) in [6.07, 6.45) is 0. The van der Waals surface area contributed by atoms with Crippen molar-refractivity contribution in [2.24, 2.45) is 0 Å². The molecule has 0 aliphatic heterocycles. The average molecular weight is 515 g/mol. The van der Waals surface area contributed by atoms with Crippen LogP contribution in [0.3, 0.4) is 0 Å². The van der Waals surface area contributed by atoms with Crippen LogP contribution in [0.25, 0.3) is 0 Å². The van der Waals surface area contributed by atoms with E-state index in [4.69, 9.17) is 4.74 Å². The molecule has 0 aliphatic carbocycles. The summed E-state index contributed by atoms with van der Waals surface area (Å²) in [6.45, 7) is 3.95. The monoisotopic (exact) mass is 514 g/mol. The van der Waals surface area contributed by atoms with Crippen LogP contribution >= 0.6 is 0 Å². The fourth-order valence-corrected chi connectivity index (χ4v) is 5.57. The van der Waals surface area contributed by atoms with Crippen LogP contribution in [-0.2, 0) is 14.8 Å². The molecule has 4 aromatic carbocycles. The number of aryl methyl sites for hydroxylation is 1. The van der Waals surface area contributed by atoms with Gasteiger partial charge in [-0.05, 0) is 66.9 Å². The third kappa shape index (κ3) is 6.19. The number of amides is 1. The highest BCUT2D eigenvalue weighted by atomic mass is 32.2. The Balaban J connectivity index is 1.66. The number of carbonyl (C=O) groups excluding carboxylic acids is 1. The molecule has 0 heterocycles. The van der Waals surface area contributed by atoms with E-state index in [0.717, 1.165) is 21.0 Å². The maximum absolute atomic E-state index is 13.7. The Morgan fingerprint density at radius 3 is 2.05 bits per heavy atom. The minimum Gasteiger partial charge on any atom is -0.494 e. The number of hydrogen-bond donors (Lipinski definition) is 1. The molecule has 1 N–H and O–H groups in total. The van der Waals surface area contributed by atoms with Crippen molar-refractivity contribution >= 4 is 21.6 Å². The van der Waals surface area contributed by atoms with Gasteiger partial charge in [0.25, 0.3) is 10.0 Å². The van der Waals surface area contributed by atoms with Gasteiger partial charge in [0.2, 0.25) is 5.91 Å². The Bertz CT molecular complexity index is 1420. The predicted molar refractivity (Wildman–Crippen MR) is 146 cm³/mol. The second kappa shape index (κ2) is 11.8. The minimum atomic E-state index is -4.04. The highest BCUT2D eigenvalue weighted by molar-refractivity contribution is 7.92. The van der Waals surface area contributed by atoms with Gasteiger partial charge in [-0.3, -0.25) is 9.10 Å². The van der Waals surface area contributed by atoms with E-state index in [0.29, 0.717) is 18.0 Å². The fourth-order valence-electron chi connectivity index (χ4n) is 4.14.